The maximum atomic E-state index is 6.05. The molecular formula is C13H20ClN3. The van der Waals surface area contributed by atoms with E-state index in [-0.39, 0.29) is 11.0 Å². The summed E-state index contributed by atoms with van der Waals surface area (Å²) in [5.41, 5.74) is 0.106. The van der Waals surface area contributed by atoms with Crippen molar-refractivity contribution in [2.45, 2.75) is 57.9 Å². The fourth-order valence-electron chi connectivity index (χ4n) is 1.96. The van der Waals surface area contributed by atoms with E-state index in [0.29, 0.717) is 5.15 Å². The second kappa shape index (κ2) is 4.13. The van der Waals surface area contributed by atoms with Crippen LogP contribution >= 0.6 is 11.6 Å². The Morgan fingerprint density at radius 1 is 1.29 bits per heavy atom. The Morgan fingerprint density at radius 3 is 2.41 bits per heavy atom. The molecule has 17 heavy (non-hydrogen) atoms. The van der Waals surface area contributed by atoms with Crippen LogP contribution in [-0.2, 0) is 5.41 Å². The standard InChI is InChI=1S/C13H20ClN3/c1-12(2,3)11-15-9(14)8-10(16-11)17-13(4)6-5-7-13/h8H,5-7H2,1-4H3,(H,15,16,17). The van der Waals surface area contributed by atoms with E-state index in [4.69, 9.17) is 11.6 Å². The fraction of sp³-hybridized carbons (Fsp3) is 0.692. The predicted molar refractivity (Wildman–Crippen MR) is 71.6 cm³/mol. The Hall–Kier alpha value is -0.830. The van der Waals surface area contributed by atoms with Gasteiger partial charge in [-0.25, -0.2) is 9.97 Å². The van der Waals surface area contributed by atoms with Gasteiger partial charge < -0.3 is 5.32 Å². The molecule has 0 aliphatic heterocycles. The third-order valence-corrected chi connectivity index (χ3v) is 3.45. The van der Waals surface area contributed by atoms with Crippen LogP contribution in [0.2, 0.25) is 5.15 Å². The lowest BCUT2D eigenvalue weighted by atomic mass is 9.78. The minimum absolute atomic E-state index is 0.0815. The topological polar surface area (TPSA) is 37.8 Å². The van der Waals surface area contributed by atoms with Gasteiger partial charge in [0.1, 0.15) is 16.8 Å². The van der Waals surface area contributed by atoms with Crippen molar-refractivity contribution in [3.8, 4) is 0 Å². The van der Waals surface area contributed by atoms with E-state index in [9.17, 15) is 0 Å². The van der Waals surface area contributed by atoms with Crippen molar-refractivity contribution in [2.24, 2.45) is 0 Å². The first-order chi connectivity index (χ1) is 7.78. The van der Waals surface area contributed by atoms with Crippen molar-refractivity contribution >= 4 is 17.4 Å². The molecule has 1 N–H and O–H groups in total. The van der Waals surface area contributed by atoms with Gasteiger partial charge in [-0.05, 0) is 26.2 Å². The zero-order valence-electron chi connectivity index (χ0n) is 11.0. The van der Waals surface area contributed by atoms with Crippen LogP contribution in [0.5, 0.6) is 0 Å². The van der Waals surface area contributed by atoms with Gasteiger partial charge in [0.25, 0.3) is 0 Å². The first kappa shape index (κ1) is 12.6. The van der Waals surface area contributed by atoms with Gasteiger partial charge in [0.05, 0.1) is 0 Å². The minimum Gasteiger partial charge on any atom is -0.365 e. The Labute approximate surface area is 108 Å². The van der Waals surface area contributed by atoms with Gasteiger partial charge in [0, 0.05) is 17.0 Å². The van der Waals surface area contributed by atoms with E-state index in [1.54, 1.807) is 6.07 Å². The molecule has 0 spiro atoms. The van der Waals surface area contributed by atoms with Crippen molar-refractivity contribution in [3.63, 3.8) is 0 Å². The molecule has 0 radical (unpaired) electrons. The van der Waals surface area contributed by atoms with E-state index < -0.39 is 0 Å². The summed E-state index contributed by atoms with van der Waals surface area (Å²) in [6, 6.07) is 1.81. The summed E-state index contributed by atoms with van der Waals surface area (Å²) in [5.74, 6) is 1.63. The van der Waals surface area contributed by atoms with E-state index in [2.05, 4.69) is 43.0 Å². The molecule has 1 aromatic rings. The van der Waals surface area contributed by atoms with E-state index in [0.717, 1.165) is 11.6 Å². The lowest BCUT2D eigenvalue weighted by molar-refractivity contribution is 0.305. The number of hydrogen-bond donors (Lipinski definition) is 1. The second-order valence-corrected chi connectivity index (χ2v) is 6.58. The summed E-state index contributed by atoms with van der Waals surface area (Å²) in [5, 5.41) is 3.98. The third-order valence-electron chi connectivity index (χ3n) is 3.25. The smallest absolute Gasteiger partial charge is 0.137 e. The molecule has 1 aliphatic carbocycles. The highest BCUT2D eigenvalue weighted by atomic mass is 35.5. The summed E-state index contributed by atoms with van der Waals surface area (Å²) in [6.45, 7) is 8.50. The highest BCUT2D eigenvalue weighted by molar-refractivity contribution is 6.29. The third kappa shape index (κ3) is 2.89. The Morgan fingerprint density at radius 2 is 1.94 bits per heavy atom. The Bertz CT molecular complexity index is 419. The average molecular weight is 254 g/mol. The lowest BCUT2D eigenvalue weighted by Gasteiger charge is -2.39. The van der Waals surface area contributed by atoms with Crippen LogP contribution < -0.4 is 5.32 Å². The summed E-state index contributed by atoms with van der Waals surface area (Å²) >= 11 is 6.05. The zero-order chi connectivity index (χ0) is 12.7. The molecule has 1 saturated carbocycles. The van der Waals surface area contributed by atoms with E-state index >= 15 is 0 Å². The van der Waals surface area contributed by atoms with Crippen molar-refractivity contribution in [1.29, 1.82) is 0 Å². The Balaban J connectivity index is 2.25. The average Bonchev–Trinajstić information content (AvgIpc) is 2.13. The van der Waals surface area contributed by atoms with Crippen LogP contribution in [0.15, 0.2) is 6.07 Å². The largest absolute Gasteiger partial charge is 0.365 e. The first-order valence-electron chi connectivity index (χ1n) is 6.12. The fourth-order valence-corrected chi connectivity index (χ4v) is 2.14. The number of anilines is 1. The Kier molecular flexibility index (Phi) is 3.06. The molecule has 0 unspecified atom stereocenters. The van der Waals surface area contributed by atoms with Crippen LogP contribution in [0.25, 0.3) is 0 Å². The lowest BCUT2D eigenvalue weighted by Crippen LogP contribution is -2.42. The molecule has 1 aromatic heterocycles. The van der Waals surface area contributed by atoms with Crippen LogP contribution in [-0.4, -0.2) is 15.5 Å². The minimum atomic E-state index is -0.0815. The van der Waals surface area contributed by atoms with Crippen LogP contribution in [0.4, 0.5) is 5.82 Å². The number of halogens is 1. The molecule has 3 nitrogen and oxygen atoms in total. The molecule has 0 atom stereocenters. The summed E-state index contributed by atoms with van der Waals surface area (Å²) in [7, 11) is 0. The molecule has 2 rings (SSSR count). The second-order valence-electron chi connectivity index (χ2n) is 6.19. The van der Waals surface area contributed by atoms with Gasteiger partial charge in [-0.15, -0.1) is 0 Å². The zero-order valence-corrected chi connectivity index (χ0v) is 11.7. The normalized spacial score (nSPS) is 18.6. The molecule has 4 heteroatoms. The molecule has 1 aliphatic rings. The maximum absolute atomic E-state index is 6.05. The van der Waals surface area contributed by atoms with E-state index in [1.165, 1.54) is 19.3 Å². The van der Waals surface area contributed by atoms with Gasteiger partial charge in [-0.1, -0.05) is 32.4 Å². The summed E-state index contributed by atoms with van der Waals surface area (Å²) in [6.07, 6.45) is 3.67. The molecular weight excluding hydrogens is 234 g/mol. The molecule has 94 valence electrons. The molecule has 0 aromatic carbocycles. The van der Waals surface area contributed by atoms with Crippen LogP contribution in [0.3, 0.4) is 0 Å². The number of hydrogen-bond acceptors (Lipinski definition) is 3. The van der Waals surface area contributed by atoms with Crippen molar-refractivity contribution < 1.29 is 0 Å². The predicted octanol–water partition coefficient (Wildman–Crippen LogP) is 3.78. The molecule has 0 bridgehead atoms. The van der Waals surface area contributed by atoms with E-state index in [1.807, 2.05) is 0 Å². The highest BCUT2D eigenvalue weighted by Crippen LogP contribution is 2.34. The molecule has 0 saturated heterocycles. The van der Waals surface area contributed by atoms with Gasteiger partial charge in [-0.2, -0.15) is 0 Å². The number of aromatic nitrogens is 2. The monoisotopic (exact) mass is 253 g/mol. The van der Waals surface area contributed by atoms with Gasteiger partial charge in [0.2, 0.25) is 0 Å². The SMILES string of the molecule is CC1(Nc2cc(Cl)nc(C(C)(C)C)n2)CCC1. The molecule has 0 amide bonds. The summed E-state index contributed by atoms with van der Waals surface area (Å²) in [4.78, 5) is 8.86. The van der Waals surface area contributed by atoms with Crippen LogP contribution in [0.1, 0.15) is 52.8 Å². The number of rotatable bonds is 2. The summed E-state index contributed by atoms with van der Waals surface area (Å²) < 4.78 is 0. The highest BCUT2D eigenvalue weighted by Gasteiger charge is 2.32. The number of nitrogens with one attached hydrogen (secondary N) is 1. The van der Waals surface area contributed by atoms with Crippen molar-refractivity contribution in [3.05, 3.63) is 17.0 Å². The molecule has 1 fully saturated rings. The number of nitrogens with zero attached hydrogens (tertiary/aromatic N) is 2. The van der Waals surface area contributed by atoms with Gasteiger partial charge in [0.15, 0.2) is 0 Å². The maximum Gasteiger partial charge on any atom is 0.137 e. The molecule has 1 heterocycles. The van der Waals surface area contributed by atoms with Crippen molar-refractivity contribution in [2.75, 3.05) is 5.32 Å². The van der Waals surface area contributed by atoms with Gasteiger partial charge >= 0.3 is 0 Å². The quantitative estimate of drug-likeness (QED) is 0.815. The van der Waals surface area contributed by atoms with Crippen molar-refractivity contribution in [1.82, 2.24) is 9.97 Å². The van der Waals surface area contributed by atoms with Gasteiger partial charge in [-0.3, -0.25) is 0 Å². The van der Waals surface area contributed by atoms with Crippen LogP contribution in [0, 0.1) is 0 Å². The first-order valence-corrected chi connectivity index (χ1v) is 6.50.